The zero-order valence-electron chi connectivity index (χ0n) is 16.8. The molecule has 0 aliphatic carbocycles. The lowest BCUT2D eigenvalue weighted by Gasteiger charge is -2.23. The number of urea groups is 1. The number of rotatable bonds is 7. The Morgan fingerprint density at radius 1 is 1.06 bits per heavy atom. The van der Waals surface area contributed by atoms with Crippen LogP contribution in [0.5, 0.6) is 5.75 Å². The fourth-order valence-corrected chi connectivity index (χ4v) is 3.31. The summed E-state index contributed by atoms with van der Waals surface area (Å²) in [5.74, 6) is 0.522. The quantitative estimate of drug-likeness (QED) is 0.500. The van der Waals surface area contributed by atoms with E-state index in [-0.39, 0.29) is 24.5 Å². The molecule has 0 radical (unpaired) electrons. The maximum absolute atomic E-state index is 13.0. The number of hydrogen-bond acceptors (Lipinski definition) is 5. The molecule has 2 amide bonds. The number of halogens is 3. The number of anilines is 1. The van der Waals surface area contributed by atoms with Crippen LogP contribution in [0.4, 0.5) is 23.7 Å². The molecule has 0 aliphatic rings. The van der Waals surface area contributed by atoms with Gasteiger partial charge in [0, 0.05) is 12.2 Å². The number of nitrogens with one attached hydrogen (secondary N) is 1. The summed E-state index contributed by atoms with van der Waals surface area (Å²) in [5.41, 5.74) is -0.376. The molecule has 3 rings (SSSR count). The van der Waals surface area contributed by atoms with E-state index in [1.807, 2.05) is 0 Å². The standard InChI is InChI=1S/C21H19F3N2O5S/c1-32(28,29)31-18-8-2-5-15(11-18)13-26(14-19-9-4-10-30-19)20(27)25-17-7-3-6-16(12-17)21(22,23)24/h2-12H,13-14H2,1H3,(H,25,27). The van der Waals surface area contributed by atoms with Gasteiger partial charge in [0.05, 0.1) is 24.6 Å². The number of alkyl halides is 3. The Hall–Kier alpha value is -3.47. The van der Waals surface area contributed by atoms with Crippen molar-refractivity contribution >= 4 is 21.8 Å². The van der Waals surface area contributed by atoms with Gasteiger partial charge in [0.15, 0.2) is 0 Å². The average molecular weight is 468 g/mol. The van der Waals surface area contributed by atoms with E-state index in [9.17, 15) is 26.4 Å². The molecule has 3 aromatic rings. The Kier molecular flexibility index (Phi) is 6.78. The van der Waals surface area contributed by atoms with Crippen LogP contribution in [-0.4, -0.2) is 25.6 Å². The lowest BCUT2D eigenvalue weighted by atomic mass is 10.2. The van der Waals surface area contributed by atoms with Crippen molar-refractivity contribution in [2.75, 3.05) is 11.6 Å². The lowest BCUT2D eigenvalue weighted by Crippen LogP contribution is -2.34. The van der Waals surface area contributed by atoms with Crippen LogP contribution in [0.15, 0.2) is 71.3 Å². The lowest BCUT2D eigenvalue weighted by molar-refractivity contribution is -0.137. The van der Waals surface area contributed by atoms with Crippen LogP contribution in [0, 0.1) is 0 Å². The summed E-state index contributed by atoms with van der Waals surface area (Å²) < 4.78 is 71.8. The maximum atomic E-state index is 13.0. The van der Waals surface area contributed by atoms with Crippen molar-refractivity contribution in [2.24, 2.45) is 0 Å². The number of hydrogen-bond donors (Lipinski definition) is 1. The summed E-state index contributed by atoms with van der Waals surface area (Å²) in [6.45, 7) is 0.0292. The molecule has 0 atom stereocenters. The fraction of sp³-hybridized carbons (Fsp3) is 0.190. The monoisotopic (exact) mass is 468 g/mol. The molecular formula is C21H19F3N2O5S. The maximum Gasteiger partial charge on any atom is 0.416 e. The first-order valence-corrected chi connectivity index (χ1v) is 11.1. The van der Waals surface area contributed by atoms with Gasteiger partial charge >= 0.3 is 22.3 Å². The largest absolute Gasteiger partial charge is 0.467 e. The molecule has 11 heteroatoms. The van der Waals surface area contributed by atoms with Gasteiger partial charge in [0.1, 0.15) is 11.5 Å². The highest BCUT2D eigenvalue weighted by Crippen LogP contribution is 2.30. The van der Waals surface area contributed by atoms with Gasteiger partial charge in [-0.05, 0) is 48.0 Å². The predicted molar refractivity (Wildman–Crippen MR) is 110 cm³/mol. The number of carbonyl (C=O) groups is 1. The smallest absolute Gasteiger partial charge is 0.416 e. The number of furan rings is 1. The van der Waals surface area contributed by atoms with Crippen LogP contribution in [0.2, 0.25) is 0 Å². The Morgan fingerprint density at radius 2 is 1.81 bits per heavy atom. The predicted octanol–water partition coefficient (Wildman–Crippen LogP) is 4.87. The van der Waals surface area contributed by atoms with Crippen molar-refractivity contribution in [3.8, 4) is 5.75 Å². The van der Waals surface area contributed by atoms with E-state index < -0.39 is 27.9 Å². The molecule has 0 saturated carbocycles. The van der Waals surface area contributed by atoms with Crippen LogP contribution in [0.25, 0.3) is 0 Å². The summed E-state index contributed by atoms with van der Waals surface area (Å²) in [5, 5.41) is 2.46. The molecule has 0 unspecified atom stereocenters. The molecule has 32 heavy (non-hydrogen) atoms. The highest BCUT2D eigenvalue weighted by Gasteiger charge is 2.30. The molecule has 0 fully saturated rings. The third-order valence-electron chi connectivity index (χ3n) is 4.17. The van der Waals surface area contributed by atoms with Crippen LogP contribution >= 0.6 is 0 Å². The minimum Gasteiger partial charge on any atom is -0.467 e. The van der Waals surface area contributed by atoms with Gasteiger partial charge < -0.3 is 18.8 Å². The first kappa shape index (κ1) is 23.2. The van der Waals surface area contributed by atoms with Crippen molar-refractivity contribution < 1.29 is 35.0 Å². The van der Waals surface area contributed by atoms with E-state index in [0.29, 0.717) is 11.3 Å². The molecule has 0 aliphatic heterocycles. The number of amides is 2. The zero-order valence-corrected chi connectivity index (χ0v) is 17.6. The minimum atomic E-state index is -4.55. The molecule has 0 spiro atoms. The van der Waals surface area contributed by atoms with Gasteiger partial charge in [0.25, 0.3) is 0 Å². The van der Waals surface area contributed by atoms with Gasteiger partial charge in [-0.2, -0.15) is 21.6 Å². The van der Waals surface area contributed by atoms with Crippen molar-refractivity contribution in [2.45, 2.75) is 19.3 Å². The summed E-state index contributed by atoms with van der Waals surface area (Å²) >= 11 is 0. The van der Waals surface area contributed by atoms with E-state index in [0.717, 1.165) is 18.4 Å². The van der Waals surface area contributed by atoms with Gasteiger partial charge in [-0.3, -0.25) is 0 Å². The third-order valence-corrected chi connectivity index (χ3v) is 4.67. The topological polar surface area (TPSA) is 88.9 Å². The molecule has 2 aromatic carbocycles. The Balaban J connectivity index is 1.82. The first-order chi connectivity index (χ1) is 15.0. The normalized spacial score (nSPS) is 11.8. The molecule has 0 saturated heterocycles. The number of carbonyl (C=O) groups excluding carboxylic acids is 1. The highest BCUT2D eigenvalue weighted by molar-refractivity contribution is 7.86. The molecule has 1 heterocycles. The average Bonchev–Trinajstić information content (AvgIpc) is 3.19. The van der Waals surface area contributed by atoms with Gasteiger partial charge in [0.2, 0.25) is 0 Å². The van der Waals surface area contributed by atoms with E-state index >= 15 is 0 Å². The highest BCUT2D eigenvalue weighted by atomic mass is 32.2. The van der Waals surface area contributed by atoms with Crippen LogP contribution < -0.4 is 9.50 Å². The van der Waals surface area contributed by atoms with Gasteiger partial charge in [-0.15, -0.1) is 0 Å². The third kappa shape index (κ3) is 6.77. The van der Waals surface area contributed by atoms with Crippen molar-refractivity contribution in [3.05, 3.63) is 83.8 Å². The van der Waals surface area contributed by atoms with Crippen LogP contribution in [0.1, 0.15) is 16.9 Å². The summed E-state index contributed by atoms with van der Waals surface area (Å²) in [7, 11) is -3.74. The van der Waals surface area contributed by atoms with Crippen molar-refractivity contribution in [1.82, 2.24) is 4.90 Å². The summed E-state index contributed by atoms with van der Waals surface area (Å²) in [6, 6.07) is 13.0. The van der Waals surface area contributed by atoms with E-state index in [2.05, 4.69) is 5.32 Å². The first-order valence-electron chi connectivity index (χ1n) is 9.23. The minimum absolute atomic E-state index is 0.00641. The van der Waals surface area contributed by atoms with E-state index in [1.54, 1.807) is 24.3 Å². The summed E-state index contributed by atoms with van der Waals surface area (Å²) in [4.78, 5) is 14.2. The second kappa shape index (κ2) is 9.35. The molecule has 7 nitrogen and oxygen atoms in total. The molecular weight excluding hydrogens is 449 g/mol. The van der Waals surface area contributed by atoms with Gasteiger partial charge in [-0.1, -0.05) is 18.2 Å². The van der Waals surface area contributed by atoms with E-state index in [4.69, 9.17) is 8.60 Å². The Morgan fingerprint density at radius 3 is 2.47 bits per heavy atom. The molecule has 1 N–H and O–H groups in total. The zero-order chi connectivity index (χ0) is 23.4. The second-order valence-electron chi connectivity index (χ2n) is 6.88. The van der Waals surface area contributed by atoms with Crippen molar-refractivity contribution in [3.63, 3.8) is 0 Å². The molecule has 170 valence electrons. The second-order valence-corrected chi connectivity index (χ2v) is 8.45. The Labute approximate surface area is 182 Å². The van der Waals surface area contributed by atoms with E-state index in [1.165, 1.54) is 35.4 Å². The Bertz CT molecular complexity index is 1180. The van der Waals surface area contributed by atoms with Crippen LogP contribution in [0.3, 0.4) is 0 Å². The van der Waals surface area contributed by atoms with Crippen molar-refractivity contribution in [1.29, 1.82) is 0 Å². The summed E-state index contributed by atoms with van der Waals surface area (Å²) in [6.07, 6.45) is -2.21. The molecule has 0 bridgehead atoms. The fourth-order valence-electron chi connectivity index (χ4n) is 2.86. The number of nitrogens with zero attached hydrogens (tertiary/aromatic N) is 1. The number of benzene rings is 2. The molecule has 1 aromatic heterocycles. The van der Waals surface area contributed by atoms with Crippen LogP contribution in [-0.2, 0) is 29.4 Å². The SMILES string of the molecule is CS(=O)(=O)Oc1cccc(CN(Cc2ccco2)C(=O)Nc2cccc(C(F)(F)F)c2)c1. The van der Waals surface area contributed by atoms with Gasteiger partial charge in [-0.25, -0.2) is 4.79 Å².